The monoisotopic (exact) mass is 181 g/mol. The maximum atomic E-state index is 10.0. The summed E-state index contributed by atoms with van der Waals surface area (Å²) in [6.45, 7) is 2.23. The fourth-order valence-corrected chi connectivity index (χ4v) is 1.13. The van der Waals surface area contributed by atoms with E-state index in [1.807, 2.05) is 0 Å². The Morgan fingerprint density at radius 3 is 3.15 bits per heavy atom. The predicted molar refractivity (Wildman–Crippen MR) is 46.0 cm³/mol. The van der Waals surface area contributed by atoms with E-state index < -0.39 is 0 Å². The molecule has 1 rings (SSSR count). The molecule has 0 N–H and O–H groups in total. The average Bonchev–Trinajstić information content (AvgIpc) is 2.54. The molecule has 1 aromatic heterocycles. The number of rotatable bonds is 4. The van der Waals surface area contributed by atoms with Gasteiger partial charge in [0.25, 0.3) is 0 Å². The Labute approximate surface area is 76.2 Å². The van der Waals surface area contributed by atoms with E-state index in [0.29, 0.717) is 12.4 Å². The van der Waals surface area contributed by atoms with Gasteiger partial charge in [0.2, 0.25) is 6.08 Å². The summed E-state index contributed by atoms with van der Waals surface area (Å²) >= 11 is 0. The van der Waals surface area contributed by atoms with E-state index in [9.17, 15) is 4.79 Å². The van der Waals surface area contributed by atoms with Crippen molar-refractivity contribution < 1.29 is 13.9 Å². The van der Waals surface area contributed by atoms with Crippen LogP contribution in [0.3, 0.4) is 0 Å². The molecule has 0 aliphatic carbocycles. The minimum atomic E-state index is -0.294. The summed E-state index contributed by atoms with van der Waals surface area (Å²) in [5, 5.41) is 0. The van der Waals surface area contributed by atoms with E-state index in [1.165, 1.54) is 6.08 Å². The van der Waals surface area contributed by atoms with E-state index in [0.717, 1.165) is 5.56 Å². The first-order valence-electron chi connectivity index (χ1n) is 3.91. The lowest BCUT2D eigenvalue weighted by molar-refractivity contribution is 0.182. The first-order chi connectivity index (χ1) is 6.29. The number of aliphatic imine (C=N–C) groups is 1. The number of furan rings is 1. The van der Waals surface area contributed by atoms with Crippen LogP contribution in [0.4, 0.5) is 0 Å². The summed E-state index contributed by atoms with van der Waals surface area (Å²) in [4.78, 5) is 13.6. The van der Waals surface area contributed by atoms with E-state index in [2.05, 4.69) is 4.99 Å². The van der Waals surface area contributed by atoms with Crippen LogP contribution in [-0.2, 0) is 16.1 Å². The molecule has 1 atom stereocenters. The zero-order chi connectivity index (χ0) is 9.68. The molecule has 0 amide bonds. The van der Waals surface area contributed by atoms with Gasteiger partial charge in [0.05, 0.1) is 12.9 Å². The normalized spacial score (nSPS) is 12.2. The fourth-order valence-electron chi connectivity index (χ4n) is 1.13. The fraction of sp³-hybridized carbons (Fsp3) is 0.444. The predicted octanol–water partition coefficient (Wildman–Crippen LogP) is 1.82. The zero-order valence-electron chi connectivity index (χ0n) is 7.61. The van der Waals surface area contributed by atoms with Crippen molar-refractivity contribution in [2.24, 2.45) is 4.99 Å². The molecule has 1 unspecified atom stereocenters. The molecule has 0 fully saturated rings. The Morgan fingerprint density at radius 1 is 1.77 bits per heavy atom. The second kappa shape index (κ2) is 4.60. The first kappa shape index (κ1) is 9.71. The van der Waals surface area contributed by atoms with Gasteiger partial charge >= 0.3 is 0 Å². The number of hydrogen-bond acceptors (Lipinski definition) is 4. The quantitative estimate of drug-likeness (QED) is 0.526. The van der Waals surface area contributed by atoms with Crippen molar-refractivity contribution in [1.29, 1.82) is 0 Å². The largest absolute Gasteiger partial charge is 0.467 e. The molecular weight excluding hydrogens is 170 g/mol. The minimum absolute atomic E-state index is 0.294. The van der Waals surface area contributed by atoms with E-state index in [4.69, 9.17) is 9.15 Å². The smallest absolute Gasteiger partial charge is 0.235 e. The van der Waals surface area contributed by atoms with E-state index >= 15 is 0 Å². The van der Waals surface area contributed by atoms with Crippen molar-refractivity contribution >= 4 is 6.08 Å². The SMILES string of the molecule is COCc1ccoc1C(C)N=C=O. The highest BCUT2D eigenvalue weighted by Crippen LogP contribution is 2.22. The molecule has 0 saturated heterocycles. The van der Waals surface area contributed by atoms with Crippen molar-refractivity contribution in [2.45, 2.75) is 19.6 Å². The van der Waals surface area contributed by atoms with Crippen molar-refractivity contribution in [3.63, 3.8) is 0 Å². The van der Waals surface area contributed by atoms with Gasteiger partial charge in [-0.2, -0.15) is 4.99 Å². The average molecular weight is 181 g/mol. The topological polar surface area (TPSA) is 51.8 Å². The molecule has 0 saturated carbocycles. The van der Waals surface area contributed by atoms with Gasteiger partial charge in [-0.25, -0.2) is 4.79 Å². The minimum Gasteiger partial charge on any atom is -0.467 e. The Balaban J connectivity index is 2.85. The lowest BCUT2D eigenvalue weighted by Gasteiger charge is -2.03. The maximum absolute atomic E-state index is 10.0. The molecular formula is C9H11NO3. The third kappa shape index (κ3) is 2.28. The molecule has 70 valence electrons. The molecule has 4 heteroatoms. The van der Waals surface area contributed by atoms with Crippen molar-refractivity contribution in [3.05, 3.63) is 23.7 Å². The van der Waals surface area contributed by atoms with Crippen LogP contribution in [0.5, 0.6) is 0 Å². The lowest BCUT2D eigenvalue weighted by Crippen LogP contribution is -1.94. The van der Waals surface area contributed by atoms with Gasteiger partial charge in [0.1, 0.15) is 11.8 Å². The van der Waals surface area contributed by atoms with Crippen LogP contribution in [0, 0.1) is 0 Å². The number of isocyanates is 1. The molecule has 13 heavy (non-hydrogen) atoms. The van der Waals surface area contributed by atoms with Gasteiger partial charge in [-0.15, -0.1) is 0 Å². The third-order valence-corrected chi connectivity index (χ3v) is 1.71. The highest BCUT2D eigenvalue weighted by Gasteiger charge is 2.12. The summed E-state index contributed by atoms with van der Waals surface area (Å²) in [6, 6.07) is 1.51. The molecule has 1 heterocycles. The van der Waals surface area contributed by atoms with Gasteiger partial charge in [-0.1, -0.05) is 0 Å². The zero-order valence-corrected chi connectivity index (χ0v) is 7.61. The van der Waals surface area contributed by atoms with Crippen LogP contribution in [0.25, 0.3) is 0 Å². The Kier molecular flexibility index (Phi) is 3.43. The van der Waals surface area contributed by atoms with Crippen LogP contribution in [-0.4, -0.2) is 13.2 Å². The second-order valence-corrected chi connectivity index (χ2v) is 2.64. The number of hydrogen-bond donors (Lipinski definition) is 0. The third-order valence-electron chi connectivity index (χ3n) is 1.71. The summed E-state index contributed by atoms with van der Waals surface area (Å²) in [5.41, 5.74) is 0.911. The molecule has 4 nitrogen and oxygen atoms in total. The summed E-state index contributed by atoms with van der Waals surface area (Å²) in [6.07, 6.45) is 3.06. The molecule has 0 spiro atoms. The van der Waals surface area contributed by atoms with Crippen LogP contribution in [0.2, 0.25) is 0 Å². The van der Waals surface area contributed by atoms with Crippen molar-refractivity contribution in [1.82, 2.24) is 0 Å². The summed E-state index contributed by atoms with van der Waals surface area (Å²) in [7, 11) is 1.60. The Bertz CT molecular complexity index is 312. The number of methoxy groups -OCH3 is 1. The lowest BCUT2D eigenvalue weighted by atomic mass is 10.2. The van der Waals surface area contributed by atoms with E-state index in [1.54, 1.807) is 26.4 Å². The van der Waals surface area contributed by atoms with Gasteiger partial charge in [-0.05, 0) is 13.0 Å². The van der Waals surface area contributed by atoms with Crippen molar-refractivity contribution in [3.8, 4) is 0 Å². The molecule has 1 aromatic rings. The molecule has 0 aromatic carbocycles. The Hall–Kier alpha value is -1.38. The maximum Gasteiger partial charge on any atom is 0.235 e. The highest BCUT2D eigenvalue weighted by molar-refractivity contribution is 5.35. The van der Waals surface area contributed by atoms with Crippen LogP contribution in [0.1, 0.15) is 24.3 Å². The van der Waals surface area contributed by atoms with Gasteiger partial charge in [-0.3, -0.25) is 0 Å². The standard InChI is InChI=1S/C9H11NO3/c1-7(10-6-11)9-8(5-12-2)3-4-13-9/h3-4,7H,5H2,1-2H3. The number of carbonyl (C=O) groups excluding carboxylic acids is 1. The Morgan fingerprint density at radius 2 is 2.54 bits per heavy atom. The van der Waals surface area contributed by atoms with Crippen molar-refractivity contribution in [2.75, 3.05) is 7.11 Å². The van der Waals surface area contributed by atoms with E-state index in [-0.39, 0.29) is 6.04 Å². The van der Waals surface area contributed by atoms with Gasteiger partial charge in [0, 0.05) is 12.7 Å². The molecule has 0 radical (unpaired) electrons. The summed E-state index contributed by atoms with van der Waals surface area (Å²) < 4.78 is 10.1. The van der Waals surface area contributed by atoms with Crippen LogP contribution < -0.4 is 0 Å². The summed E-state index contributed by atoms with van der Waals surface area (Å²) in [5.74, 6) is 0.658. The highest BCUT2D eigenvalue weighted by atomic mass is 16.5. The number of ether oxygens (including phenoxy) is 1. The van der Waals surface area contributed by atoms with Gasteiger partial charge < -0.3 is 9.15 Å². The van der Waals surface area contributed by atoms with Gasteiger partial charge in [0.15, 0.2) is 0 Å². The molecule has 0 aliphatic rings. The molecule has 0 aliphatic heterocycles. The van der Waals surface area contributed by atoms with Crippen LogP contribution in [0.15, 0.2) is 21.7 Å². The first-order valence-corrected chi connectivity index (χ1v) is 3.91. The second-order valence-electron chi connectivity index (χ2n) is 2.64. The molecule has 0 bridgehead atoms. The number of nitrogens with zero attached hydrogens (tertiary/aromatic N) is 1. The van der Waals surface area contributed by atoms with Crippen LogP contribution >= 0.6 is 0 Å².